The highest BCUT2D eigenvalue weighted by molar-refractivity contribution is 5.97. The summed E-state index contributed by atoms with van der Waals surface area (Å²) in [5.74, 6) is -0.870. The number of nitrogens with zero attached hydrogens (tertiary/aromatic N) is 1. The van der Waals surface area contributed by atoms with E-state index in [1.807, 2.05) is 44.2 Å². The largest absolute Gasteiger partial charge is 0.493 e. The van der Waals surface area contributed by atoms with Crippen LogP contribution in [0.3, 0.4) is 0 Å². The van der Waals surface area contributed by atoms with Gasteiger partial charge in [-0.1, -0.05) is 35.9 Å². The van der Waals surface area contributed by atoms with Crippen LogP contribution >= 0.6 is 0 Å². The second-order valence-electron chi connectivity index (χ2n) is 9.58. The topological polar surface area (TPSA) is 125 Å². The number of fused-ring (bicyclic) bond motifs is 3. The number of benzene rings is 2. The molecule has 0 aromatic heterocycles. The van der Waals surface area contributed by atoms with Crippen molar-refractivity contribution < 1.29 is 34.1 Å². The SMILES string of the molecule is COc1cc(C=O)cc2c1OC1C2C(C(=O)NCCO)=CC(N(Cc2ccccc2)C(=O)C=C(C)C)C1O. The summed E-state index contributed by atoms with van der Waals surface area (Å²) in [6, 6.07) is 11.6. The number of carbonyl (C=O) groups is 3. The van der Waals surface area contributed by atoms with Gasteiger partial charge in [0.05, 0.1) is 25.7 Å². The van der Waals surface area contributed by atoms with E-state index < -0.39 is 30.1 Å². The van der Waals surface area contributed by atoms with Gasteiger partial charge in [0.2, 0.25) is 11.8 Å². The first kappa shape index (κ1) is 27.1. The molecule has 0 radical (unpaired) electrons. The fourth-order valence-corrected chi connectivity index (χ4v) is 5.00. The van der Waals surface area contributed by atoms with Gasteiger partial charge in [-0.25, -0.2) is 0 Å². The standard InChI is InChI=1S/C29H32N2O7/c1-17(2)11-24(34)31(15-18-7-5-4-6-8-18)22-14-21(29(36)30-9-10-32)25-20-12-19(16-33)13-23(37-3)27(20)38-28(25)26(22)35/h4-8,11-14,16,22,25-26,28,32,35H,9-10,15H2,1-3H3,(H,30,36). The molecule has 4 atom stereocenters. The first-order chi connectivity index (χ1) is 18.3. The Labute approximate surface area is 221 Å². The van der Waals surface area contributed by atoms with E-state index in [1.54, 1.807) is 12.1 Å². The molecule has 38 heavy (non-hydrogen) atoms. The number of hydrogen-bond acceptors (Lipinski definition) is 7. The number of aldehydes is 1. The van der Waals surface area contributed by atoms with E-state index in [0.29, 0.717) is 28.9 Å². The highest BCUT2D eigenvalue weighted by Crippen LogP contribution is 2.51. The van der Waals surface area contributed by atoms with Crippen molar-refractivity contribution in [1.82, 2.24) is 10.2 Å². The van der Waals surface area contributed by atoms with Crippen molar-refractivity contribution in [1.29, 1.82) is 0 Å². The zero-order valence-corrected chi connectivity index (χ0v) is 21.6. The quantitative estimate of drug-likeness (QED) is 0.342. The maximum absolute atomic E-state index is 13.4. The van der Waals surface area contributed by atoms with Gasteiger partial charge in [-0.3, -0.25) is 14.4 Å². The lowest BCUT2D eigenvalue weighted by molar-refractivity contribution is -0.133. The molecular weight excluding hydrogens is 488 g/mol. The van der Waals surface area contributed by atoms with Crippen LogP contribution in [0.15, 0.2) is 65.8 Å². The summed E-state index contributed by atoms with van der Waals surface area (Å²) in [6.45, 7) is 3.58. The molecule has 2 aromatic rings. The third-order valence-electron chi connectivity index (χ3n) is 6.66. The average molecular weight is 521 g/mol. The Balaban J connectivity index is 1.84. The number of methoxy groups -OCH3 is 1. The number of allylic oxidation sites excluding steroid dienone is 1. The van der Waals surface area contributed by atoms with E-state index in [2.05, 4.69) is 5.32 Å². The lowest BCUT2D eigenvalue weighted by atomic mass is 9.77. The minimum absolute atomic E-state index is 0.0244. The van der Waals surface area contributed by atoms with Crippen molar-refractivity contribution in [2.75, 3.05) is 20.3 Å². The molecule has 2 amide bonds. The normalized spacial score (nSPS) is 21.2. The number of rotatable bonds is 9. The number of ether oxygens (including phenoxy) is 2. The predicted octanol–water partition coefficient (Wildman–Crippen LogP) is 2.13. The van der Waals surface area contributed by atoms with E-state index in [-0.39, 0.29) is 31.2 Å². The van der Waals surface area contributed by atoms with Crippen molar-refractivity contribution in [3.05, 3.63) is 82.5 Å². The minimum atomic E-state index is -1.20. The van der Waals surface area contributed by atoms with Gasteiger partial charge in [0, 0.05) is 35.9 Å². The average Bonchev–Trinajstić information content (AvgIpc) is 3.30. The van der Waals surface area contributed by atoms with Crippen molar-refractivity contribution in [3.8, 4) is 11.5 Å². The van der Waals surface area contributed by atoms with Gasteiger partial charge in [0.1, 0.15) is 18.5 Å². The molecule has 0 saturated heterocycles. The number of aliphatic hydroxyl groups is 2. The maximum atomic E-state index is 13.4. The molecule has 2 aromatic carbocycles. The zero-order valence-electron chi connectivity index (χ0n) is 21.6. The summed E-state index contributed by atoms with van der Waals surface area (Å²) in [7, 11) is 1.44. The summed E-state index contributed by atoms with van der Waals surface area (Å²) in [4.78, 5) is 39.9. The lowest BCUT2D eigenvalue weighted by Crippen LogP contribution is -2.55. The number of amides is 2. The lowest BCUT2D eigenvalue weighted by Gasteiger charge is -2.40. The molecule has 1 aliphatic heterocycles. The van der Waals surface area contributed by atoms with Gasteiger partial charge in [-0.05, 0) is 37.6 Å². The molecule has 1 aliphatic carbocycles. The summed E-state index contributed by atoms with van der Waals surface area (Å²) < 4.78 is 11.7. The number of hydrogen-bond donors (Lipinski definition) is 3. The minimum Gasteiger partial charge on any atom is -0.493 e. The van der Waals surface area contributed by atoms with E-state index in [9.17, 15) is 24.6 Å². The van der Waals surface area contributed by atoms with Crippen LogP contribution in [0.1, 0.15) is 41.3 Å². The Bertz CT molecular complexity index is 1270. The molecule has 0 fully saturated rings. The zero-order chi connectivity index (χ0) is 27.4. The summed E-state index contributed by atoms with van der Waals surface area (Å²) in [6.07, 6.45) is 1.63. The van der Waals surface area contributed by atoms with Crippen molar-refractivity contribution in [3.63, 3.8) is 0 Å². The molecule has 2 aliphatic rings. The second kappa shape index (κ2) is 11.6. The third-order valence-corrected chi connectivity index (χ3v) is 6.66. The Morgan fingerprint density at radius 2 is 1.92 bits per heavy atom. The molecule has 0 bridgehead atoms. The van der Waals surface area contributed by atoms with Gasteiger partial charge in [0.15, 0.2) is 11.5 Å². The molecule has 1 heterocycles. The van der Waals surface area contributed by atoms with Gasteiger partial charge in [0.25, 0.3) is 0 Å². The number of nitrogens with one attached hydrogen (secondary N) is 1. The van der Waals surface area contributed by atoms with E-state index in [1.165, 1.54) is 24.2 Å². The number of carbonyl (C=O) groups excluding carboxylic acids is 3. The van der Waals surface area contributed by atoms with Crippen LogP contribution in [-0.2, 0) is 16.1 Å². The fraction of sp³-hybridized carbons (Fsp3) is 0.345. The van der Waals surface area contributed by atoms with Crippen LogP contribution in [0, 0.1) is 0 Å². The molecular formula is C29H32N2O7. The van der Waals surface area contributed by atoms with Crippen LogP contribution in [0.4, 0.5) is 0 Å². The monoisotopic (exact) mass is 520 g/mol. The third kappa shape index (κ3) is 5.34. The predicted molar refractivity (Wildman–Crippen MR) is 140 cm³/mol. The van der Waals surface area contributed by atoms with Gasteiger partial charge >= 0.3 is 0 Å². The molecule has 3 N–H and O–H groups in total. The van der Waals surface area contributed by atoms with E-state index >= 15 is 0 Å². The molecule has 4 rings (SSSR count). The van der Waals surface area contributed by atoms with Crippen LogP contribution in [0.2, 0.25) is 0 Å². The van der Waals surface area contributed by atoms with Crippen LogP contribution in [-0.4, -0.2) is 71.7 Å². The highest BCUT2D eigenvalue weighted by atomic mass is 16.5. The molecule has 200 valence electrons. The Kier molecular flexibility index (Phi) is 8.29. The maximum Gasteiger partial charge on any atom is 0.247 e. The smallest absolute Gasteiger partial charge is 0.247 e. The summed E-state index contributed by atoms with van der Waals surface area (Å²) in [5, 5.41) is 23.6. The van der Waals surface area contributed by atoms with Crippen LogP contribution < -0.4 is 14.8 Å². The molecule has 9 heteroatoms. The first-order valence-electron chi connectivity index (χ1n) is 12.4. The van der Waals surface area contributed by atoms with Gasteiger partial charge < -0.3 is 29.9 Å². The second-order valence-corrected chi connectivity index (χ2v) is 9.58. The van der Waals surface area contributed by atoms with Crippen molar-refractivity contribution in [2.45, 2.75) is 44.6 Å². The highest BCUT2D eigenvalue weighted by Gasteiger charge is 2.51. The molecule has 0 saturated carbocycles. The number of aliphatic hydroxyl groups excluding tert-OH is 2. The Hall–Kier alpha value is -3.95. The Morgan fingerprint density at radius 1 is 1.18 bits per heavy atom. The van der Waals surface area contributed by atoms with Gasteiger partial charge in [-0.2, -0.15) is 0 Å². The fourth-order valence-electron chi connectivity index (χ4n) is 5.00. The molecule has 4 unspecified atom stereocenters. The molecule has 9 nitrogen and oxygen atoms in total. The first-order valence-corrected chi connectivity index (χ1v) is 12.4. The van der Waals surface area contributed by atoms with E-state index in [0.717, 1.165) is 11.1 Å². The summed E-state index contributed by atoms with van der Waals surface area (Å²) >= 11 is 0. The van der Waals surface area contributed by atoms with Gasteiger partial charge in [-0.15, -0.1) is 0 Å². The van der Waals surface area contributed by atoms with Crippen molar-refractivity contribution in [2.24, 2.45) is 0 Å². The van der Waals surface area contributed by atoms with Crippen LogP contribution in [0.5, 0.6) is 11.5 Å². The van der Waals surface area contributed by atoms with Crippen molar-refractivity contribution >= 4 is 18.1 Å². The van der Waals surface area contributed by atoms with E-state index in [4.69, 9.17) is 9.47 Å². The Morgan fingerprint density at radius 3 is 2.55 bits per heavy atom. The van der Waals surface area contributed by atoms with Crippen LogP contribution in [0.25, 0.3) is 0 Å². The summed E-state index contributed by atoms with van der Waals surface area (Å²) in [5.41, 5.74) is 2.78. The molecule has 0 spiro atoms.